The molecular formula is C16H18ClN3O. The normalized spacial score (nSPS) is 10.2. The number of hydrogen-bond acceptors (Lipinski definition) is 3. The molecule has 0 spiro atoms. The third-order valence-electron chi connectivity index (χ3n) is 2.95. The summed E-state index contributed by atoms with van der Waals surface area (Å²) < 4.78 is 0. The first-order chi connectivity index (χ1) is 10.1. The Kier molecular flexibility index (Phi) is 5.17. The van der Waals surface area contributed by atoms with Crippen LogP contribution in [0.5, 0.6) is 0 Å². The summed E-state index contributed by atoms with van der Waals surface area (Å²) in [5.74, 6) is 0.302. The monoisotopic (exact) mass is 303 g/mol. The molecule has 0 aliphatic heterocycles. The molecule has 1 amide bonds. The largest absolute Gasteiger partial charge is 0.384 e. The predicted octanol–water partition coefficient (Wildman–Crippen LogP) is 4.12. The number of aryl methyl sites for hydroxylation is 1. The van der Waals surface area contributed by atoms with E-state index in [0.29, 0.717) is 16.4 Å². The molecule has 0 radical (unpaired) electrons. The summed E-state index contributed by atoms with van der Waals surface area (Å²) >= 11 is 6.00. The molecule has 2 N–H and O–H groups in total. The molecule has 5 heteroatoms. The Hall–Kier alpha value is -2.07. The molecule has 1 aromatic carbocycles. The molecule has 1 heterocycles. The van der Waals surface area contributed by atoms with Crippen molar-refractivity contribution >= 4 is 29.0 Å². The van der Waals surface area contributed by atoms with Gasteiger partial charge in [0.15, 0.2) is 0 Å². The van der Waals surface area contributed by atoms with Crippen LogP contribution in [0.4, 0.5) is 11.5 Å². The summed E-state index contributed by atoms with van der Waals surface area (Å²) in [6, 6.07) is 8.94. The maximum atomic E-state index is 12.4. The standard InChI is InChI=1S/C16H18ClN3O/c1-3-7-18-14-5-4-12(17)10-13(14)16(21)20-15-9-11(2)6-8-19-15/h4-6,8-10,18H,3,7H2,1-2H3,(H,19,20,21). The maximum absolute atomic E-state index is 12.4. The number of pyridine rings is 1. The summed E-state index contributed by atoms with van der Waals surface area (Å²) in [6.07, 6.45) is 2.64. The summed E-state index contributed by atoms with van der Waals surface area (Å²) in [4.78, 5) is 16.5. The molecule has 0 aliphatic rings. The Balaban J connectivity index is 2.23. The topological polar surface area (TPSA) is 54.0 Å². The zero-order chi connectivity index (χ0) is 15.2. The Morgan fingerprint density at radius 3 is 2.81 bits per heavy atom. The van der Waals surface area contributed by atoms with Crippen LogP contribution in [0.15, 0.2) is 36.5 Å². The van der Waals surface area contributed by atoms with Crippen LogP contribution in [0.2, 0.25) is 5.02 Å². The zero-order valence-electron chi connectivity index (χ0n) is 12.1. The van der Waals surface area contributed by atoms with Gasteiger partial charge in [-0.3, -0.25) is 4.79 Å². The van der Waals surface area contributed by atoms with E-state index in [1.54, 1.807) is 18.3 Å². The lowest BCUT2D eigenvalue weighted by molar-refractivity contribution is 0.102. The smallest absolute Gasteiger partial charge is 0.258 e. The lowest BCUT2D eigenvalue weighted by atomic mass is 10.1. The van der Waals surface area contributed by atoms with Gasteiger partial charge in [-0.1, -0.05) is 18.5 Å². The molecule has 2 rings (SSSR count). The van der Waals surface area contributed by atoms with Crippen LogP contribution in [0, 0.1) is 6.92 Å². The van der Waals surface area contributed by atoms with Crippen molar-refractivity contribution in [1.29, 1.82) is 0 Å². The number of rotatable bonds is 5. The van der Waals surface area contributed by atoms with E-state index in [0.717, 1.165) is 24.2 Å². The number of benzene rings is 1. The molecular weight excluding hydrogens is 286 g/mol. The van der Waals surface area contributed by atoms with Gasteiger partial charge in [-0.05, 0) is 49.2 Å². The Morgan fingerprint density at radius 2 is 2.10 bits per heavy atom. The van der Waals surface area contributed by atoms with Crippen molar-refractivity contribution < 1.29 is 4.79 Å². The van der Waals surface area contributed by atoms with E-state index in [4.69, 9.17) is 11.6 Å². The van der Waals surface area contributed by atoms with E-state index in [-0.39, 0.29) is 5.91 Å². The lowest BCUT2D eigenvalue weighted by Gasteiger charge is -2.12. The third kappa shape index (κ3) is 4.20. The maximum Gasteiger partial charge on any atom is 0.258 e. The third-order valence-corrected chi connectivity index (χ3v) is 3.18. The van der Waals surface area contributed by atoms with Crippen molar-refractivity contribution in [3.63, 3.8) is 0 Å². The van der Waals surface area contributed by atoms with Gasteiger partial charge in [0.25, 0.3) is 5.91 Å². The van der Waals surface area contributed by atoms with Crippen LogP contribution < -0.4 is 10.6 Å². The highest BCUT2D eigenvalue weighted by Crippen LogP contribution is 2.22. The van der Waals surface area contributed by atoms with Crippen molar-refractivity contribution in [2.24, 2.45) is 0 Å². The number of amides is 1. The fraction of sp³-hybridized carbons (Fsp3) is 0.250. The fourth-order valence-electron chi connectivity index (χ4n) is 1.91. The quantitative estimate of drug-likeness (QED) is 0.873. The van der Waals surface area contributed by atoms with Gasteiger partial charge in [-0.2, -0.15) is 0 Å². The molecule has 21 heavy (non-hydrogen) atoms. The van der Waals surface area contributed by atoms with Gasteiger partial charge in [-0.25, -0.2) is 4.98 Å². The second-order valence-corrected chi connectivity index (χ2v) is 5.23. The Morgan fingerprint density at radius 1 is 1.29 bits per heavy atom. The fourth-order valence-corrected chi connectivity index (χ4v) is 2.08. The number of carbonyl (C=O) groups is 1. The van der Waals surface area contributed by atoms with Crippen LogP contribution in [0.3, 0.4) is 0 Å². The van der Waals surface area contributed by atoms with Crippen LogP contribution in [0.25, 0.3) is 0 Å². The van der Waals surface area contributed by atoms with Crippen molar-refractivity contribution in [2.75, 3.05) is 17.2 Å². The zero-order valence-corrected chi connectivity index (χ0v) is 12.9. The first-order valence-corrected chi connectivity index (χ1v) is 7.25. The van der Waals surface area contributed by atoms with E-state index in [1.807, 2.05) is 25.1 Å². The van der Waals surface area contributed by atoms with E-state index in [2.05, 4.69) is 22.5 Å². The minimum Gasteiger partial charge on any atom is -0.384 e. The Bertz CT molecular complexity index is 643. The highest BCUT2D eigenvalue weighted by atomic mass is 35.5. The molecule has 0 unspecified atom stereocenters. The lowest BCUT2D eigenvalue weighted by Crippen LogP contribution is -2.16. The van der Waals surface area contributed by atoms with Gasteiger partial charge in [0.2, 0.25) is 0 Å². The minimum absolute atomic E-state index is 0.228. The number of aromatic nitrogens is 1. The Labute approximate surface area is 129 Å². The van der Waals surface area contributed by atoms with Crippen LogP contribution >= 0.6 is 11.6 Å². The average Bonchev–Trinajstić information content (AvgIpc) is 2.46. The summed E-state index contributed by atoms with van der Waals surface area (Å²) in [7, 11) is 0. The molecule has 0 bridgehead atoms. The second-order valence-electron chi connectivity index (χ2n) is 4.79. The van der Waals surface area contributed by atoms with Gasteiger partial charge in [0, 0.05) is 23.5 Å². The van der Waals surface area contributed by atoms with Crippen LogP contribution in [-0.2, 0) is 0 Å². The minimum atomic E-state index is -0.228. The summed E-state index contributed by atoms with van der Waals surface area (Å²) in [6.45, 7) is 4.81. The van der Waals surface area contributed by atoms with Crippen molar-refractivity contribution in [3.05, 3.63) is 52.7 Å². The first-order valence-electron chi connectivity index (χ1n) is 6.87. The highest BCUT2D eigenvalue weighted by molar-refractivity contribution is 6.31. The molecule has 0 atom stereocenters. The predicted molar refractivity (Wildman–Crippen MR) is 87.2 cm³/mol. The van der Waals surface area contributed by atoms with Gasteiger partial charge in [0.1, 0.15) is 5.82 Å². The molecule has 0 saturated carbocycles. The van der Waals surface area contributed by atoms with E-state index in [1.165, 1.54) is 0 Å². The molecule has 110 valence electrons. The number of nitrogens with one attached hydrogen (secondary N) is 2. The number of carbonyl (C=O) groups excluding carboxylic acids is 1. The number of anilines is 2. The second kappa shape index (κ2) is 7.09. The summed E-state index contributed by atoms with van der Waals surface area (Å²) in [5, 5.41) is 6.55. The van der Waals surface area contributed by atoms with Crippen molar-refractivity contribution in [3.8, 4) is 0 Å². The van der Waals surface area contributed by atoms with Gasteiger partial charge < -0.3 is 10.6 Å². The van der Waals surface area contributed by atoms with Gasteiger partial charge in [-0.15, -0.1) is 0 Å². The number of hydrogen-bond donors (Lipinski definition) is 2. The van der Waals surface area contributed by atoms with Crippen LogP contribution in [0.1, 0.15) is 29.3 Å². The van der Waals surface area contributed by atoms with Gasteiger partial charge >= 0.3 is 0 Å². The van der Waals surface area contributed by atoms with Crippen LogP contribution in [-0.4, -0.2) is 17.4 Å². The van der Waals surface area contributed by atoms with Crippen molar-refractivity contribution in [1.82, 2.24) is 4.98 Å². The van der Waals surface area contributed by atoms with E-state index < -0.39 is 0 Å². The molecule has 0 saturated heterocycles. The van der Waals surface area contributed by atoms with Crippen molar-refractivity contribution in [2.45, 2.75) is 20.3 Å². The SMILES string of the molecule is CCCNc1ccc(Cl)cc1C(=O)Nc1cc(C)ccn1. The molecule has 0 aliphatic carbocycles. The van der Waals surface area contributed by atoms with Gasteiger partial charge in [0.05, 0.1) is 5.56 Å². The molecule has 1 aromatic heterocycles. The molecule has 2 aromatic rings. The van der Waals surface area contributed by atoms with E-state index in [9.17, 15) is 4.79 Å². The molecule has 4 nitrogen and oxygen atoms in total. The number of halogens is 1. The summed E-state index contributed by atoms with van der Waals surface area (Å²) in [5.41, 5.74) is 2.32. The first kappa shape index (κ1) is 15.3. The average molecular weight is 304 g/mol. The molecule has 0 fully saturated rings. The highest BCUT2D eigenvalue weighted by Gasteiger charge is 2.13. The van der Waals surface area contributed by atoms with E-state index >= 15 is 0 Å². The number of nitrogens with zero attached hydrogens (tertiary/aromatic N) is 1.